The van der Waals surface area contributed by atoms with E-state index in [0.29, 0.717) is 11.5 Å². The van der Waals surface area contributed by atoms with Gasteiger partial charge in [0.1, 0.15) is 6.07 Å². The fourth-order valence-electron chi connectivity index (χ4n) is 1.12. The summed E-state index contributed by atoms with van der Waals surface area (Å²) >= 11 is 3.37. The van der Waals surface area contributed by atoms with Gasteiger partial charge in [-0.2, -0.15) is 5.26 Å². The fraction of sp³-hybridized carbons (Fsp3) is 0.333. The zero-order valence-electron chi connectivity index (χ0n) is 7.00. The molecule has 1 aromatic heterocycles. The molecular weight excluding hydrogens is 216 g/mol. The Kier molecular flexibility index (Phi) is 2.83. The van der Waals surface area contributed by atoms with E-state index in [2.05, 4.69) is 40.8 Å². The van der Waals surface area contributed by atoms with Crippen molar-refractivity contribution in [3.05, 3.63) is 28.0 Å². The third-order valence-electron chi connectivity index (χ3n) is 1.64. The maximum absolute atomic E-state index is 8.78. The quantitative estimate of drug-likeness (QED) is 0.736. The van der Waals surface area contributed by atoms with E-state index in [0.717, 1.165) is 10.0 Å². The largest absolute Gasteiger partial charge is 0.262 e. The first-order valence-electron chi connectivity index (χ1n) is 3.70. The van der Waals surface area contributed by atoms with Gasteiger partial charge >= 0.3 is 0 Å². The molecule has 0 atom stereocenters. The highest BCUT2D eigenvalue weighted by atomic mass is 79.9. The van der Waals surface area contributed by atoms with Gasteiger partial charge in [-0.1, -0.05) is 13.8 Å². The monoisotopic (exact) mass is 224 g/mol. The van der Waals surface area contributed by atoms with Gasteiger partial charge in [0.05, 0.1) is 5.56 Å². The van der Waals surface area contributed by atoms with Crippen molar-refractivity contribution in [1.29, 1.82) is 5.26 Å². The highest BCUT2D eigenvalue weighted by Gasteiger charge is 2.09. The molecule has 3 heteroatoms. The lowest BCUT2D eigenvalue weighted by Crippen LogP contribution is -1.95. The van der Waals surface area contributed by atoms with Crippen LogP contribution in [0.1, 0.15) is 30.9 Å². The summed E-state index contributed by atoms with van der Waals surface area (Å²) < 4.78 is 0.913. The van der Waals surface area contributed by atoms with Gasteiger partial charge in [-0.3, -0.25) is 4.98 Å². The minimum atomic E-state index is 0.344. The molecule has 0 amide bonds. The van der Waals surface area contributed by atoms with E-state index in [1.54, 1.807) is 12.4 Å². The van der Waals surface area contributed by atoms with Crippen LogP contribution >= 0.6 is 15.9 Å². The van der Waals surface area contributed by atoms with E-state index >= 15 is 0 Å². The second kappa shape index (κ2) is 3.68. The maximum atomic E-state index is 8.78. The summed E-state index contributed by atoms with van der Waals surface area (Å²) in [5.41, 5.74) is 1.69. The molecule has 0 unspecified atom stereocenters. The molecule has 12 heavy (non-hydrogen) atoms. The molecule has 0 aromatic carbocycles. The maximum Gasteiger partial charge on any atom is 0.101 e. The number of aromatic nitrogens is 1. The van der Waals surface area contributed by atoms with Crippen LogP contribution in [0.3, 0.4) is 0 Å². The van der Waals surface area contributed by atoms with Gasteiger partial charge in [-0.15, -0.1) is 0 Å². The molecule has 2 nitrogen and oxygen atoms in total. The Morgan fingerprint density at radius 3 is 2.58 bits per heavy atom. The van der Waals surface area contributed by atoms with Crippen LogP contribution < -0.4 is 0 Å². The number of halogens is 1. The number of rotatable bonds is 1. The van der Waals surface area contributed by atoms with Crippen molar-refractivity contribution in [2.75, 3.05) is 0 Å². The number of hydrogen-bond donors (Lipinski definition) is 0. The van der Waals surface area contributed by atoms with E-state index in [4.69, 9.17) is 5.26 Å². The van der Waals surface area contributed by atoms with Crippen LogP contribution in [-0.4, -0.2) is 4.98 Å². The van der Waals surface area contributed by atoms with Crippen molar-refractivity contribution in [2.45, 2.75) is 19.8 Å². The predicted octanol–water partition coefficient (Wildman–Crippen LogP) is 2.84. The summed E-state index contributed by atoms with van der Waals surface area (Å²) in [4.78, 5) is 3.93. The molecule has 0 aliphatic heterocycles. The van der Waals surface area contributed by atoms with Crippen LogP contribution in [0.2, 0.25) is 0 Å². The highest BCUT2D eigenvalue weighted by Crippen LogP contribution is 2.26. The molecule has 0 spiro atoms. The molecule has 0 bridgehead atoms. The van der Waals surface area contributed by atoms with Gasteiger partial charge < -0.3 is 0 Å². The first-order valence-corrected chi connectivity index (χ1v) is 4.49. The van der Waals surface area contributed by atoms with E-state index in [1.165, 1.54) is 0 Å². The third-order valence-corrected chi connectivity index (χ3v) is 2.27. The Bertz CT molecular complexity index is 326. The van der Waals surface area contributed by atoms with Gasteiger partial charge in [0.15, 0.2) is 0 Å². The Balaban J connectivity index is 3.32. The second-order valence-electron chi connectivity index (χ2n) is 2.85. The molecule has 1 aromatic rings. The van der Waals surface area contributed by atoms with E-state index in [9.17, 15) is 0 Å². The molecule has 0 saturated carbocycles. The van der Waals surface area contributed by atoms with Gasteiger partial charge in [0, 0.05) is 16.9 Å². The van der Waals surface area contributed by atoms with Crippen molar-refractivity contribution < 1.29 is 0 Å². The van der Waals surface area contributed by atoms with Crippen molar-refractivity contribution >= 4 is 15.9 Å². The molecular formula is C9H9BrN2. The van der Waals surface area contributed by atoms with Crippen LogP contribution in [0, 0.1) is 11.3 Å². The van der Waals surface area contributed by atoms with Crippen LogP contribution in [0.25, 0.3) is 0 Å². The molecule has 0 aliphatic rings. The molecule has 0 aliphatic carbocycles. The molecule has 1 heterocycles. The van der Waals surface area contributed by atoms with E-state index in [1.807, 2.05) is 0 Å². The van der Waals surface area contributed by atoms with Crippen LogP contribution in [-0.2, 0) is 0 Å². The van der Waals surface area contributed by atoms with Crippen molar-refractivity contribution in [3.8, 4) is 6.07 Å². The number of pyridine rings is 1. The molecule has 1 rings (SSSR count). The summed E-state index contributed by atoms with van der Waals surface area (Å²) in [6.45, 7) is 4.11. The summed E-state index contributed by atoms with van der Waals surface area (Å²) in [6, 6.07) is 2.13. The summed E-state index contributed by atoms with van der Waals surface area (Å²) in [6.07, 6.45) is 3.32. The van der Waals surface area contributed by atoms with Crippen LogP contribution in [0.5, 0.6) is 0 Å². The number of nitriles is 1. The Labute approximate surface area is 80.4 Å². The van der Waals surface area contributed by atoms with Gasteiger partial charge in [0.25, 0.3) is 0 Å². The Morgan fingerprint density at radius 1 is 1.50 bits per heavy atom. The highest BCUT2D eigenvalue weighted by molar-refractivity contribution is 9.10. The Hall–Kier alpha value is -0.880. The van der Waals surface area contributed by atoms with Gasteiger partial charge in [-0.25, -0.2) is 0 Å². The Morgan fingerprint density at radius 2 is 2.17 bits per heavy atom. The van der Waals surface area contributed by atoms with Crippen molar-refractivity contribution in [1.82, 2.24) is 4.98 Å². The molecule has 62 valence electrons. The summed E-state index contributed by atoms with van der Waals surface area (Å²) in [7, 11) is 0. The van der Waals surface area contributed by atoms with Gasteiger partial charge in [0.2, 0.25) is 0 Å². The normalized spacial score (nSPS) is 9.92. The number of hydrogen-bond acceptors (Lipinski definition) is 2. The lowest BCUT2D eigenvalue weighted by atomic mass is 10.0. The van der Waals surface area contributed by atoms with Crippen molar-refractivity contribution in [3.63, 3.8) is 0 Å². The minimum absolute atomic E-state index is 0.344. The van der Waals surface area contributed by atoms with E-state index < -0.39 is 0 Å². The second-order valence-corrected chi connectivity index (χ2v) is 3.70. The first kappa shape index (κ1) is 9.21. The van der Waals surface area contributed by atoms with Crippen molar-refractivity contribution in [2.24, 2.45) is 0 Å². The zero-order chi connectivity index (χ0) is 9.14. The van der Waals surface area contributed by atoms with Crippen LogP contribution in [0.15, 0.2) is 16.9 Å². The SMILES string of the molecule is CC(C)c1c(Br)cncc1C#N. The zero-order valence-corrected chi connectivity index (χ0v) is 8.59. The smallest absolute Gasteiger partial charge is 0.101 e. The lowest BCUT2D eigenvalue weighted by Gasteiger charge is -2.08. The first-order chi connectivity index (χ1) is 5.66. The summed E-state index contributed by atoms with van der Waals surface area (Å²) in [5.74, 6) is 0.344. The number of nitrogens with zero attached hydrogens (tertiary/aromatic N) is 2. The standard InChI is InChI=1S/C9H9BrN2/c1-6(2)9-7(3-11)4-12-5-8(9)10/h4-6H,1-2H3. The average Bonchev–Trinajstić information content (AvgIpc) is 2.03. The predicted molar refractivity (Wildman–Crippen MR) is 50.7 cm³/mol. The average molecular weight is 225 g/mol. The molecule has 0 fully saturated rings. The minimum Gasteiger partial charge on any atom is -0.262 e. The fourth-order valence-corrected chi connectivity index (χ4v) is 1.91. The lowest BCUT2D eigenvalue weighted by molar-refractivity contribution is 0.852. The third kappa shape index (κ3) is 1.64. The summed E-state index contributed by atoms with van der Waals surface area (Å²) in [5, 5.41) is 8.78. The van der Waals surface area contributed by atoms with E-state index in [-0.39, 0.29) is 0 Å². The molecule has 0 saturated heterocycles. The topological polar surface area (TPSA) is 36.7 Å². The van der Waals surface area contributed by atoms with Gasteiger partial charge in [-0.05, 0) is 27.4 Å². The molecule has 0 radical (unpaired) electrons. The van der Waals surface area contributed by atoms with Crippen LogP contribution in [0.4, 0.5) is 0 Å². The molecule has 0 N–H and O–H groups in total.